The molecule has 0 amide bonds. The van der Waals surface area contributed by atoms with Gasteiger partial charge in [-0.3, -0.25) is 0 Å². The Morgan fingerprint density at radius 2 is 1.89 bits per heavy atom. The van der Waals surface area contributed by atoms with Gasteiger partial charge in [0.15, 0.2) is 0 Å². The van der Waals surface area contributed by atoms with Crippen molar-refractivity contribution in [1.82, 2.24) is 0 Å². The Hall–Kier alpha value is -0.870. The highest BCUT2D eigenvalue weighted by Gasteiger charge is 1.95. The molecule has 1 aromatic rings. The van der Waals surface area contributed by atoms with Gasteiger partial charge in [-0.1, -0.05) is 0 Å². The van der Waals surface area contributed by atoms with Crippen molar-refractivity contribution in [2.24, 2.45) is 0 Å². The van der Waals surface area contributed by atoms with Gasteiger partial charge in [0, 0.05) is 19.3 Å². The zero-order valence-electron chi connectivity index (χ0n) is 11.3. The van der Waals surface area contributed by atoms with Gasteiger partial charge in [-0.2, -0.15) is 11.8 Å². The molecule has 0 atom stereocenters. The Morgan fingerprint density at radius 3 is 2.56 bits per heavy atom. The van der Waals surface area contributed by atoms with E-state index < -0.39 is 0 Å². The zero-order chi connectivity index (χ0) is 13.1. The lowest BCUT2D eigenvalue weighted by Gasteiger charge is -2.08. The van der Waals surface area contributed by atoms with Crippen LogP contribution in [0.15, 0.2) is 24.3 Å². The van der Waals surface area contributed by atoms with Crippen LogP contribution in [-0.2, 0) is 4.74 Å². The van der Waals surface area contributed by atoms with Gasteiger partial charge < -0.3 is 14.8 Å². The largest absolute Gasteiger partial charge is 0.491 e. The third-order valence-electron chi connectivity index (χ3n) is 2.51. The maximum Gasteiger partial charge on any atom is 0.119 e. The van der Waals surface area contributed by atoms with Crippen LogP contribution in [0.1, 0.15) is 12.8 Å². The highest BCUT2D eigenvalue weighted by Crippen LogP contribution is 2.15. The fraction of sp³-hybridized carbons (Fsp3) is 0.571. The highest BCUT2D eigenvalue weighted by atomic mass is 32.2. The summed E-state index contributed by atoms with van der Waals surface area (Å²) in [5.74, 6) is 2.13. The molecular formula is C14H23NO2S. The molecule has 0 radical (unpaired) electrons. The molecule has 1 aromatic carbocycles. The van der Waals surface area contributed by atoms with Crippen molar-refractivity contribution in [3.05, 3.63) is 24.3 Å². The average Bonchev–Trinajstić information content (AvgIpc) is 2.40. The highest BCUT2D eigenvalue weighted by molar-refractivity contribution is 7.98. The Balaban J connectivity index is 2.19. The molecule has 0 heterocycles. The van der Waals surface area contributed by atoms with Crippen LogP contribution in [0.5, 0.6) is 5.75 Å². The Bertz CT molecular complexity index is 303. The van der Waals surface area contributed by atoms with Crippen molar-refractivity contribution in [2.75, 3.05) is 44.2 Å². The summed E-state index contributed by atoms with van der Waals surface area (Å²) in [6, 6.07) is 8.08. The van der Waals surface area contributed by atoms with E-state index in [2.05, 4.69) is 23.7 Å². The molecule has 0 fully saturated rings. The molecule has 4 heteroatoms. The third kappa shape index (κ3) is 6.77. The summed E-state index contributed by atoms with van der Waals surface area (Å²) in [6.07, 6.45) is 4.63. The van der Waals surface area contributed by atoms with Crippen molar-refractivity contribution < 1.29 is 9.47 Å². The van der Waals surface area contributed by atoms with E-state index in [0.29, 0.717) is 13.2 Å². The van der Waals surface area contributed by atoms with Crippen LogP contribution in [0.2, 0.25) is 0 Å². The molecule has 0 saturated heterocycles. The van der Waals surface area contributed by atoms with E-state index in [9.17, 15) is 0 Å². The lowest BCUT2D eigenvalue weighted by atomic mass is 10.3. The van der Waals surface area contributed by atoms with Gasteiger partial charge in [0.05, 0.1) is 6.61 Å². The van der Waals surface area contributed by atoms with E-state index in [1.807, 2.05) is 23.9 Å². The monoisotopic (exact) mass is 269 g/mol. The van der Waals surface area contributed by atoms with Crippen LogP contribution in [0.3, 0.4) is 0 Å². The Labute approximate surface area is 114 Å². The summed E-state index contributed by atoms with van der Waals surface area (Å²) in [4.78, 5) is 0. The number of thioether (sulfide) groups is 1. The first-order valence-electron chi connectivity index (χ1n) is 6.31. The summed E-state index contributed by atoms with van der Waals surface area (Å²) < 4.78 is 10.4. The molecule has 18 heavy (non-hydrogen) atoms. The molecule has 1 rings (SSSR count). The molecule has 0 aliphatic rings. The minimum atomic E-state index is 0.595. The fourth-order valence-corrected chi connectivity index (χ4v) is 2.01. The van der Waals surface area contributed by atoms with Gasteiger partial charge in [-0.25, -0.2) is 0 Å². The first-order chi connectivity index (χ1) is 8.86. The number of hydrogen-bond acceptors (Lipinski definition) is 4. The van der Waals surface area contributed by atoms with E-state index in [1.54, 1.807) is 7.11 Å². The molecule has 0 aromatic heterocycles. The fourth-order valence-electron chi connectivity index (χ4n) is 1.52. The molecule has 0 spiro atoms. The predicted molar refractivity (Wildman–Crippen MR) is 79.9 cm³/mol. The van der Waals surface area contributed by atoms with Crippen molar-refractivity contribution in [3.8, 4) is 5.75 Å². The maximum atomic E-state index is 5.50. The van der Waals surface area contributed by atoms with E-state index in [4.69, 9.17) is 9.47 Å². The van der Waals surface area contributed by atoms with Gasteiger partial charge in [0.25, 0.3) is 0 Å². The van der Waals surface area contributed by atoms with Gasteiger partial charge in [0.2, 0.25) is 0 Å². The minimum absolute atomic E-state index is 0.595. The molecule has 3 nitrogen and oxygen atoms in total. The van der Waals surface area contributed by atoms with Crippen LogP contribution in [0.25, 0.3) is 0 Å². The van der Waals surface area contributed by atoms with Crippen molar-refractivity contribution in [3.63, 3.8) is 0 Å². The molecular weight excluding hydrogens is 246 g/mol. The standard InChI is InChI=1S/C14H23NO2S/c1-16-10-11-17-14-7-5-13(6-8-14)15-9-3-4-12-18-2/h5-8,15H,3-4,9-12H2,1-2H3. The van der Waals surface area contributed by atoms with Gasteiger partial charge in [0.1, 0.15) is 12.4 Å². The molecule has 102 valence electrons. The molecule has 0 bridgehead atoms. The number of nitrogens with one attached hydrogen (secondary N) is 1. The SMILES string of the molecule is COCCOc1ccc(NCCCCSC)cc1. The van der Waals surface area contributed by atoms with E-state index in [0.717, 1.165) is 18.0 Å². The van der Waals surface area contributed by atoms with E-state index in [1.165, 1.54) is 18.6 Å². The topological polar surface area (TPSA) is 30.5 Å². The summed E-state index contributed by atoms with van der Waals surface area (Å²) in [7, 11) is 1.67. The van der Waals surface area contributed by atoms with Crippen LogP contribution in [0, 0.1) is 0 Å². The summed E-state index contributed by atoms with van der Waals surface area (Å²) in [5, 5.41) is 3.41. The average molecular weight is 269 g/mol. The maximum absolute atomic E-state index is 5.50. The van der Waals surface area contributed by atoms with Crippen LogP contribution < -0.4 is 10.1 Å². The second-order valence-corrected chi connectivity index (χ2v) is 4.98. The van der Waals surface area contributed by atoms with Crippen molar-refractivity contribution >= 4 is 17.4 Å². The first-order valence-corrected chi connectivity index (χ1v) is 7.71. The van der Waals surface area contributed by atoms with Crippen molar-refractivity contribution in [1.29, 1.82) is 0 Å². The van der Waals surface area contributed by atoms with E-state index >= 15 is 0 Å². The van der Waals surface area contributed by atoms with Gasteiger partial charge >= 0.3 is 0 Å². The molecule has 0 unspecified atom stereocenters. The number of ether oxygens (including phenoxy) is 2. The first kappa shape index (κ1) is 15.2. The molecule has 0 saturated carbocycles. The number of unbranched alkanes of at least 4 members (excludes halogenated alkanes) is 1. The van der Waals surface area contributed by atoms with Crippen molar-refractivity contribution in [2.45, 2.75) is 12.8 Å². The number of hydrogen-bond donors (Lipinski definition) is 1. The zero-order valence-corrected chi connectivity index (χ0v) is 12.1. The number of anilines is 1. The molecule has 0 aliphatic heterocycles. The van der Waals surface area contributed by atoms with Crippen LogP contribution in [-0.4, -0.2) is 38.9 Å². The molecule has 0 aliphatic carbocycles. The smallest absolute Gasteiger partial charge is 0.119 e. The second-order valence-electron chi connectivity index (χ2n) is 3.99. The Morgan fingerprint density at radius 1 is 1.11 bits per heavy atom. The van der Waals surface area contributed by atoms with Gasteiger partial charge in [-0.15, -0.1) is 0 Å². The minimum Gasteiger partial charge on any atom is -0.491 e. The predicted octanol–water partition coefficient (Wildman–Crippen LogP) is 3.27. The lowest BCUT2D eigenvalue weighted by Crippen LogP contribution is -2.04. The number of benzene rings is 1. The number of methoxy groups -OCH3 is 1. The number of rotatable bonds is 10. The summed E-state index contributed by atoms with van der Waals surface area (Å²) in [6.45, 7) is 2.25. The van der Waals surface area contributed by atoms with Gasteiger partial charge in [-0.05, 0) is 49.1 Å². The normalized spacial score (nSPS) is 10.3. The third-order valence-corrected chi connectivity index (χ3v) is 3.21. The quantitative estimate of drug-likeness (QED) is 0.660. The van der Waals surface area contributed by atoms with E-state index in [-0.39, 0.29) is 0 Å². The lowest BCUT2D eigenvalue weighted by molar-refractivity contribution is 0.146. The van der Waals surface area contributed by atoms with Crippen LogP contribution in [0.4, 0.5) is 5.69 Å². The van der Waals surface area contributed by atoms with Crippen LogP contribution >= 0.6 is 11.8 Å². The molecule has 1 N–H and O–H groups in total. The second kappa shape index (κ2) is 10.1. The Kier molecular flexibility index (Phi) is 8.51. The summed E-state index contributed by atoms with van der Waals surface area (Å²) in [5.41, 5.74) is 1.15. The summed E-state index contributed by atoms with van der Waals surface area (Å²) >= 11 is 1.90.